The molecule has 5 unspecified atom stereocenters. The lowest BCUT2D eigenvalue weighted by atomic mass is 10.1. The van der Waals surface area contributed by atoms with Gasteiger partial charge in [0.05, 0.1) is 12.1 Å². The number of carbonyl (C=O) groups excluding carboxylic acids is 3. The van der Waals surface area contributed by atoms with E-state index in [4.69, 9.17) is 0 Å². The normalized spacial score (nSPS) is 19.7. The number of hydrogen-bond acceptors (Lipinski definition) is 8. The Balaban J connectivity index is 2.86. The maximum Gasteiger partial charge on any atom is 0.328 e. The van der Waals surface area contributed by atoms with Crippen molar-refractivity contribution in [3.8, 4) is 0 Å². The van der Waals surface area contributed by atoms with Crippen molar-refractivity contribution in [1.29, 1.82) is 0 Å². The fourth-order valence-corrected chi connectivity index (χ4v) is 4.05. The molecule has 0 aliphatic carbocycles. The van der Waals surface area contributed by atoms with Crippen molar-refractivity contribution in [3.63, 3.8) is 0 Å². The Morgan fingerprint density at radius 1 is 1.00 bits per heavy atom. The molecule has 1 heterocycles. The third-order valence-corrected chi connectivity index (χ3v) is 6.20. The van der Waals surface area contributed by atoms with Crippen LogP contribution in [0.5, 0.6) is 0 Å². The van der Waals surface area contributed by atoms with Gasteiger partial charge in [-0.05, 0) is 63.2 Å². The molecule has 1 fully saturated rings. The highest BCUT2D eigenvalue weighted by Crippen LogP contribution is 2.09. The molecule has 31 heavy (non-hydrogen) atoms. The topological polar surface area (TPSA) is 157 Å². The van der Waals surface area contributed by atoms with E-state index in [2.05, 4.69) is 21.3 Å². The van der Waals surface area contributed by atoms with Crippen molar-refractivity contribution in [2.24, 2.45) is 0 Å². The highest BCUT2D eigenvalue weighted by atomic mass is 32.2. The van der Waals surface area contributed by atoms with Crippen LogP contribution in [-0.2, 0) is 19.2 Å². The van der Waals surface area contributed by atoms with Crippen LogP contribution in [0.1, 0.15) is 32.6 Å². The van der Waals surface area contributed by atoms with E-state index < -0.39 is 42.0 Å². The third-order valence-electron chi connectivity index (χ3n) is 4.91. The highest BCUT2D eigenvalue weighted by molar-refractivity contribution is 7.98. The fraction of sp³-hybridized carbons (Fsp3) is 0.789. The highest BCUT2D eigenvalue weighted by Gasteiger charge is 2.32. The Morgan fingerprint density at radius 2 is 1.55 bits per heavy atom. The van der Waals surface area contributed by atoms with E-state index in [0.717, 1.165) is 13.0 Å². The zero-order valence-electron chi connectivity index (χ0n) is 18.2. The van der Waals surface area contributed by atoms with Gasteiger partial charge >= 0.3 is 5.97 Å². The van der Waals surface area contributed by atoms with Crippen LogP contribution >= 0.6 is 23.5 Å². The summed E-state index contributed by atoms with van der Waals surface area (Å²) in [5.41, 5.74) is 0. The van der Waals surface area contributed by atoms with Gasteiger partial charge in [0.1, 0.15) is 12.1 Å². The minimum atomic E-state index is -1.48. The number of carbonyl (C=O) groups is 4. The molecule has 1 aliphatic heterocycles. The van der Waals surface area contributed by atoms with E-state index in [0.29, 0.717) is 24.3 Å². The zero-order chi connectivity index (χ0) is 23.4. The lowest BCUT2D eigenvalue weighted by Gasteiger charge is -2.25. The number of aliphatic carboxylic acids is 1. The number of amides is 3. The molecular weight excluding hydrogens is 444 g/mol. The Morgan fingerprint density at radius 3 is 2.00 bits per heavy atom. The summed E-state index contributed by atoms with van der Waals surface area (Å²) in [6, 6.07) is -3.61. The van der Waals surface area contributed by atoms with Crippen LogP contribution < -0.4 is 21.3 Å². The summed E-state index contributed by atoms with van der Waals surface area (Å²) in [7, 11) is 0. The van der Waals surface area contributed by atoms with Crippen molar-refractivity contribution in [2.45, 2.75) is 62.9 Å². The van der Waals surface area contributed by atoms with Crippen LogP contribution in [0, 0.1) is 0 Å². The molecule has 3 amide bonds. The van der Waals surface area contributed by atoms with E-state index in [-0.39, 0.29) is 18.4 Å². The molecule has 0 aromatic rings. The maximum atomic E-state index is 12.9. The molecule has 0 bridgehead atoms. The van der Waals surface area contributed by atoms with Crippen LogP contribution in [0.3, 0.4) is 0 Å². The van der Waals surface area contributed by atoms with Crippen LogP contribution in [0.2, 0.25) is 0 Å². The van der Waals surface area contributed by atoms with E-state index >= 15 is 0 Å². The Hall–Kier alpha value is -1.50. The van der Waals surface area contributed by atoms with Gasteiger partial charge in [-0.3, -0.25) is 14.4 Å². The van der Waals surface area contributed by atoms with Crippen molar-refractivity contribution in [3.05, 3.63) is 0 Å². The Bertz CT molecular complexity index is 616. The summed E-state index contributed by atoms with van der Waals surface area (Å²) < 4.78 is 0. The predicted octanol–water partition coefficient (Wildman–Crippen LogP) is -0.836. The van der Waals surface area contributed by atoms with Crippen LogP contribution in [0.4, 0.5) is 0 Å². The number of carboxylic acid groups (broad SMARTS) is 1. The largest absolute Gasteiger partial charge is 0.480 e. The summed E-state index contributed by atoms with van der Waals surface area (Å²) in [5, 5.41) is 29.6. The molecule has 5 atom stereocenters. The average Bonchev–Trinajstić information content (AvgIpc) is 3.26. The Labute approximate surface area is 191 Å². The number of aliphatic hydroxyl groups excluding tert-OH is 1. The van der Waals surface area contributed by atoms with Crippen LogP contribution in [0.25, 0.3) is 0 Å². The van der Waals surface area contributed by atoms with Gasteiger partial charge in [-0.15, -0.1) is 0 Å². The van der Waals surface area contributed by atoms with E-state index in [1.165, 1.54) is 30.4 Å². The molecule has 6 N–H and O–H groups in total. The second-order valence-electron chi connectivity index (χ2n) is 7.40. The minimum absolute atomic E-state index is 0.246. The van der Waals surface area contributed by atoms with Crippen LogP contribution in [0.15, 0.2) is 0 Å². The summed E-state index contributed by atoms with van der Waals surface area (Å²) in [4.78, 5) is 49.3. The molecule has 10 nitrogen and oxygen atoms in total. The molecule has 0 radical (unpaired) electrons. The number of thioether (sulfide) groups is 2. The molecule has 0 aromatic carbocycles. The van der Waals surface area contributed by atoms with Gasteiger partial charge in [0.25, 0.3) is 0 Å². The fourth-order valence-electron chi connectivity index (χ4n) is 3.10. The monoisotopic (exact) mass is 478 g/mol. The third kappa shape index (κ3) is 9.67. The predicted molar refractivity (Wildman–Crippen MR) is 122 cm³/mol. The number of hydrogen-bond donors (Lipinski definition) is 6. The Kier molecular flexibility index (Phi) is 12.9. The number of aliphatic hydroxyl groups is 1. The van der Waals surface area contributed by atoms with Crippen LogP contribution in [-0.4, -0.2) is 94.7 Å². The number of nitrogens with one attached hydrogen (secondary N) is 4. The van der Waals surface area contributed by atoms with Gasteiger partial charge in [0, 0.05) is 0 Å². The van der Waals surface area contributed by atoms with Crippen molar-refractivity contribution >= 4 is 47.2 Å². The van der Waals surface area contributed by atoms with Crippen molar-refractivity contribution < 1.29 is 29.4 Å². The van der Waals surface area contributed by atoms with E-state index in [1.807, 2.05) is 12.5 Å². The van der Waals surface area contributed by atoms with Gasteiger partial charge in [-0.25, -0.2) is 4.79 Å². The van der Waals surface area contributed by atoms with E-state index in [1.54, 1.807) is 0 Å². The first-order valence-electron chi connectivity index (χ1n) is 10.2. The average molecular weight is 479 g/mol. The summed E-state index contributed by atoms with van der Waals surface area (Å²) in [5.74, 6) is -1.61. The maximum absolute atomic E-state index is 12.9. The lowest BCUT2D eigenvalue weighted by Crippen LogP contribution is -2.58. The molecule has 1 rings (SSSR count). The molecule has 12 heteroatoms. The van der Waals surface area contributed by atoms with Gasteiger partial charge in [-0.1, -0.05) is 0 Å². The lowest BCUT2D eigenvalue weighted by molar-refractivity contribution is -0.145. The summed E-state index contributed by atoms with van der Waals surface area (Å²) in [6.07, 6.45) is 4.72. The van der Waals surface area contributed by atoms with Gasteiger partial charge in [0.2, 0.25) is 17.7 Å². The second-order valence-corrected chi connectivity index (χ2v) is 9.37. The van der Waals surface area contributed by atoms with Gasteiger partial charge in [0.15, 0.2) is 6.04 Å². The SMILES string of the molecule is CSCCC(NC(=O)C1CCCN1)C(=O)NC(CCSC)C(=O)NC(C(=O)O)C(C)O. The molecule has 0 spiro atoms. The summed E-state index contributed by atoms with van der Waals surface area (Å²) >= 11 is 3.02. The molecule has 0 aromatic heterocycles. The standard InChI is InChI=1S/C19H34N4O6S2/c1-11(24)15(19(28)29)23-18(27)14(7-10-31-3)22-17(26)13(6-9-30-2)21-16(25)12-5-4-8-20-12/h11-15,20,24H,4-10H2,1-3H3,(H,21,25)(H,22,26)(H,23,27)(H,28,29). The van der Waals surface area contributed by atoms with Gasteiger partial charge < -0.3 is 31.5 Å². The number of rotatable bonds is 14. The number of carboxylic acids is 1. The smallest absolute Gasteiger partial charge is 0.328 e. The first kappa shape index (κ1) is 27.5. The zero-order valence-corrected chi connectivity index (χ0v) is 19.8. The molecule has 178 valence electrons. The molecular formula is C19H34N4O6S2. The van der Waals surface area contributed by atoms with Gasteiger partial charge in [-0.2, -0.15) is 23.5 Å². The van der Waals surface area contributed by atoms with E-state index in [9.17, 15) is 29.4 Å². The quantitative estimate of drug-likeness (QED) is 0.187. The summed E-state index contributed by atoms with van der Waals surface area (Å²) in [6.45, 7) is 2.02. The second kappa shape index (κ2) is 14.5. The molecule has 1 saturated heterocycles. The first-order chi connectivity index (χ1) is 14.7. The first-order valence-corrected chi connectivity index (χ1v) is 13.0. The molecule has 1 aliphatic rings. The minimum Gasteiger partial charge on any atom is -0.480 e. The van der Waals surface area contributed by atoms with Crippen molar-refractivity contribution in [1.82, 2.24) is 21.3 Å². The molecule has 0 saturated carbocycles. The van der Waals surface area contributed by atoms with Crippen molar-refractivity contribution in [2.75, 3.05) is 30.6 Å².